The number of rotatable bonds is 6. The van der Waals surface area contributed by atoms with Gasteiger partial charge in [0.05, 0.1) is 25.6 Å². The number of carbonyl (C=O) groups excluding carboxylic acids is 1. The van der Waals surface area contributed by atoms with Crippen molar-refractivity contribution >= 4 is 22.9 Å². The number of aromatic nitrogens is 2. The molecule has 0 aliphatic rings. The van der Waals surface area contributed by atoms with Crippen LogP contribution in [0.2, 0.25) is 0 Å². The Morgan fingerprint density at radius 1 is 1.20 bits per heavy atom. The third kappa shape index (κ3) is 4.13. The summed E-state index contributed by atoms with van der Waals surface area (Å²) in [6.45, 7) is 2.57. The smallest absolute Gasteiger partial charge is 0.275 e. The molecule has 6 nitrogen and oxygen atoms in total. The first-order chi connectivity index (χ1) is 12.2. The van der Waals surface area contributed by atoms with Gasteiger partial charge in [-0.2, -0.15) is 0 Å². The van der Waals surface area contributed by atoms with Crippen molar-refractivity contribution in [3.8, 4) is 22.2 Å². The molecule has 2 heterocycles. The minimum absolute atomic E-state index is 0.277. The van der Waals surface area contributed by atoms with Crippen molar-refractivity contribution in [2.75, 3.05) is 19.0 Å². The van der Waals surface area contributed by atoms with Gasteiger partial charge in [0.25, 0.3) is 5.91 Å². The highest BCUT2D eigenvalue weighted by Gasteiger charge is 2.12. The fourth-order valence-electron chi connectivity index (χ4n) is 2.14. The number of benzene rings is 1. The second kappa shape index (κ2) is 7.76. The summed E-state index contributed by atoms with van der Waals surface area (Å²) >= 11 is 1.42. The molecule has 1 amide bonds. The fraction of sp³-hybridized carbons (Fsp3) is 0.167. The normalized spacial score (nSPS) is 10.3. The zero-order chi connectivity index (χ0) is 17.6. The maximum absolute atomic E-state index is 12.3. The van der Waals surface area contributed by atoms with Gasteiger partial charge in [0.2, 0.25) is 5.88 Å². The zero-order valence-electron chi connectivity index (χ0n) is 13.9. The topological polar surface area (TPSA) is 73.3 Å². The van der Waals surface area contributed by atoms with E-state index in [0.29, 0.717) is 23.9 Å². The number of carbonyl (C=O) groups is 1. The number of hydrogen-bond donors (Lipinski definition) is 1. The van der Waals surface area contributed by atoms with E-state index in [1.165, 1.54) is 24.6 Å². The van der Waals surface area contributed by atoms with Gasteiger partial charge >= 0.3 is 0 Å². The fourth-order valence-corrected chi connectivity index (χ4v) is 2.95. The van der Waals surface area contributed by atoms with Crippen LogP contribution in [0.5, 0.6) is 11.6 Å². The van der Waals surface area contributed by atoms with Crippen LogP contribution in [0.15, 0.2) is 48.0 Å². The molecule has 25 heavy (non-hydrogen) atoms. The Bertz CT molecular complexity index is 845. The van der Waals surface area contributed by atoms with Crippen LogP contribution in [-0.2, 0) is 0 Å². The molecule has 3 aromatic rings. The summed E-state index contributed by atoms with van der Waals surface area (Å²) in [5, 5.41) is 5.28. The summed E-state index contributed by atoms with van der Waals surface area (Å²) < 4.78 is 10.4. The molecule has 0 aliphatic carbocycles. The lowest BCUT2D eigenvalue weighted by molar-refractivity contribution is 0.102. The lowest BCUT2D eigenvalue weighted by Crippen LogP contribution is -2.12. The summed E-state index contributed by atoms with van der Waals surface area (Å²) in [6.07, 6.45) is 1.54. The van der Waals surface area contributed by atoms with E-state index >= 15 is 0 Å². The van der Waals surface area contributed by atoms with E-state index < -0.39 is 0 Å². The maximum atomic E-state index is 12.3. The van der Waals surface area contributed by atoms with Crippen molar-refractivity contribution in [3.05, 3.63) is 53.7 Å². The Hall–Kier alpha value is -2.93. The summed E-state index contributed by atoms with van der Waals surface area (Å²) in [4.78, 5) is 20.8. The molecule has 1 aromatic carbocycles. The minimum atomic E-state index is -0.277. The molecule has 7 heteroatoms. The lowest BCUT2D eigenvalue weighted by Gasteiger charge is -2.04. The SMILES string of the molecule is CCOc1ccc(-c2nc(C(=O)Nc3ccc(OC)nc3)cs2)cc1. The van der Waals surface area contributed by atoms with E-state index in [9.17, 15) is 4.79 Å². The highest BCUT2D eigenvalue weighted by molar-refractivity contribution is 7.13. The van der Waals surface area contributed by atoms with Crippen LogP contribution >= 0.6 is 11.3 Å². The Morgan fingerprint density at radius 2 is 2.00 bits per heavy atom. The van der Waals surface area contributed by atoms with Gasteiger partial charge in [-0.15, -0.1) is 11.3 Å². The van der Waals surface area contributed by atoms with Gasteiger partial charge < -0.3 is 14.8 Å². The van der Waals surface area contributed by atoms with Crippen LogP contribution in [0, 0.1) is 0 Å². The molecule has 0 bridgehead atoms. The van der Waals surface area contributed by atoms with E-state index in [1.807, 2.05) is 31.2 Å². The monoisotopic (exact) mass is 355 g/mol. The number of thiazole rings is 1. The van der Waals surface area contributed by atoms with Crippen molar-refractivity contribution in [3.63, 3.8) is 0 Å². The molecule has 0 atom stereocenters. The molecule has 3 rings (SSSR count). The van der Waals surface area contributed by atoms with E-state index in [2.05, 4.69) is 15.3 Å². The van der Waals surface area contributed by atoms with Gasteiger partial charge in [-0.1, -0.05) is 0 Å². The third-order valence-electron chi connectivity index (χ3n) is 3.35. The van der Waals surface area contributed by atoms with Crippen LogP contribution in [0.3, 0.4) is 0 Å². The van der Waals surface area contributed by atoms with E-state index in [-0.39, 0.29) is 5.91 Å². The highest BCUT2D eigenvalue weighted by Crippen LogP contribution is 2.26. The van der Waals surface area contributed by atoms with Crippen LogP contribution in [0.1, 0.15) is 17.4 Å². The average Bonchev–Trinajstić information content (AvgIpc) is 3.13. The Kier molecular flexibility index (Phi) is 5.25. The summed E-state index contributed by atoms with van der Waals surface area (Å²) in [6, 6.07) is 11.1. The zero-order valence-corrected chi connectivity index (χ0v) is 14.7. The van der Waals surface area contributed by atoms with Gasteiger partial charge in [-0.3, -0.25) is 4.79 Å². The number of nitrogens with zero attached hydrogens (tertiary/aromatic N) is 2. The van der Waals surface area contributed by atoms with Gasteiger partial charge in [0.15, 0.2) is 0 Å². The number of hydrogen-bond acceptors (Lipinski definition) is 6. The van der Waals surface area contributed by atoms with Crippen molar-refractivity contribution in [2.45, 2.75) is 6.92 Å². The molecule has 128 valence electrons. The molecular weight excluding hydrogens is 338 g/mol. The first kappa shape index (κ1) is 16.9. The predicted octanol–water partition coefficient (Wildman–Crippen LogP) is 3.86. The maximum Gasteiger partial charge on any atom is 0.275 e. The molecular formula is C18H17N3O3S. The van der Waals surface area contributed by atoms with Crippen molar-refractivity contribution in [1.29, 1.82) is 0 Å². The molecule has 0 spiro atoms. The number of amides is 1. The molecule has 0 saturated heterocycles. The standard InChI is InChI=1S/C18H17N3O3S/c1-3-24-14-7-4-12(5-8-14)18-21-15(11-25-18)17(22)20-13-6-9-16(23-2)19-10-13/h4-11H,3H2,1-2H3,(H,20,22). The molecule has 0 radical (unpaired) electrons. The van der Waals surface area contributed by atoms with Crippen LogP contribution in [0.25, 0.3) is 10.6 Å². The van der Waals surface area contributed by atoms with Crippen molar-refractivity contribution in [2.24, 2.45) is 0 Å². The van der Waals surface area contributed by atoms with Crippen LogP contribution < -0.4 is 14.8 Å². The quantitative estimate of drug-likeness (QED) is 0.727. The number of ether oxygens (including phenoxy) is 2. The summed E-state index contributed by atoms with van der Waals surface area (Å²) in [7, 11) is 1.54. The van der Waals surface area contributed by atoms with Crippen molar-refractivity contribution < 1.29 is 14.3 Å². The average molecular weight is 355 g/mol. The second-order valence-corrected chi connectivity index (χ2v) is 5.90. The Labute approximate surface area is 149 Å². The number of methoxy groups -OCH3 is 1. The van der Waals surface area contributed by atoms with Crippen LogP contribution in [0.4, 0.5) is 5.69 Å². The number of nitrogens with one attached hydrogen (secondary N) is 1. The molecule has 2 aromatic heterocycles. The van der Waals surface area contributed by atoms with E-state index in [4.69, 9.17) is 9.47 Å². The number of anilines is 1. The van der Waals surface area contributed by atoms with E-state index in [0.717, 1.165) is 16.3 Å². The molecule has 0 aliphatic heterocycles. The molecule has 1 N–H and O–H groups in total. The largest absolute Gasteiger partial charge is 0.494 e. The van der Waals surface area contributed by atoms with Crippen molar-refractivity contribution in [1.82, 2.24) is 9.97 Å². The first-order valence-electron chi connectivity index (χ1n) is 7.69. The highest BCUT2D eigenvalue weighted by atomic mass is 32.1. The van der Waals surface area contributed by atoms with Gasteiger partial charge in [-0.25, -0.2) is 9.97 Å². The summed E-state index contributed by atoms with van der Waals surface area (Å²) in [5.74, 6) is 1.03. The number of pyridine rings is 1. The first-order valence-corrected chi connectivity index (χ1v) is 8.57. The minimum Gasteiger partial charge on any atom is -0.494 e. The van der Waals surface area contributed by atoms with Crippen LogP contribution in [-0.4, -0.2) is 29.6 Å². The van der Waals surface area contributed by atoms with Gasteiger partial charge in [-0.05, 0) is 37.3 Å². The lowest BCUT2D eigenvalue weighted by atomic mass is 10.2. The third-order valence-corrected chi connectivity index (χ3v) is 4.24. The predicted molar refractivity (Wildman–Crippen MR) is 97.5 cm³/mol. The summed E-state index contributed by atoms with van der Waals surface area (Å²) in [5.41, 5.74) is 1.89. The van der Waals surface area contributed by atoms with Gasteiger partial charge in [0, 0.05) is 17.0 Å². The Balaban J connectivity index is 1.70. The molecule has 0 fully saturated rings. The van der Waals surface area contributed by atoms with Gasteiger partial charge in [0.1, 0.15) is 16.5 Å². The second-order valence-electron chi connectivity index (χ2n) is 5.04. The Morgan fingerprint density at radius 3 is 2.64 bits per heavy atom. The van der Waals surface area contributed by atoms with E-state index in [1.54, 1.807) is 17.5 Å². The molecule has 0 saturated carbocycles. The molecule has 0 unspecified atom stereocenters.